The highest BCUT2D eigenvalue weighted by Gasteiger charge is 2.18. The second kappa shape index (κ2) is 8.65. The van der Waals surface area contributed by atoms with Gasteiger partial charge in [0.05, 0.1) is 10.3 Å². The molecule has 2 rings (SSSR count). The molecule has 0 aliphatic rings. The number of halogens is 1. The molecule has 1 aromatic heterocycles. The van der Waals surface area contributed by atoms with E-state index in [1.165, 1.54) is 23.5 Å². The maximum absolute atomic E-state index is 12.3. The first-order chi connectivity index (χ1) is 11.5. The van der Waals surface area contributed by atoms with Gasteiger partial charge in [-0.3, -0.25) is 4.79 Å². The van der Waals surface area contributed by atoms with Gasteiger partial charge in [0.1, 0.15) is 11.3 Å². The highest BCUT2D eigenvalue weighted by Crippen LogP contribution is 2.23. The van der Waals surface area contributed by atoms with Crippen LogP contribution in [-0.4, -0.2) is 35.0 Å². The molecule has 24 heavy (non-hydrogen) atoms. The number of hydrogen-bond acceptors (Lipinski definition) is 5. The van der Waals surface area contributed by atoms with Gasteiger partial charge in [-0.25, -0.2) is 4.79 Å². The van der Waals surface area contributed by atoms with E-state index in [0.717, 1.165) is 8.66 Å². The monoisotopic (exact) mass is 409 g/mol. The second-order valence-electron chi connectivity index (χ2n) is 4.86. The van der Waals surface area contributed by atoms with E-state index in [0.29, 0.717) is 13.1 Å². The lowest BCUT2D eigenvalue weighted by Crippen LogP contribution is -2.34. The number of esters is 1. The van der Waals surface area contributed by atoms with E-state index >= 15 is 0 Å². The SMILES string of the molecule is C=CCN(Cc1ccc(Br)s1)C(=O)COC(=O)c1ccccc1O. The first kappa shape index (κ1) is 18.2. The van der Waals surface area contributed by atoms with Crippen LogP contribution in [0.25, 0.3) is 0 Å². The molecule has 126 valence electrons. The van der Waals surface area contributed by atoms with Gasteiger partial charge in [-0.1, -0.05) is 18.2 Å². The maximum Gasteiger partial charge on any atom is 0.342 e. The Kier molecular flexibility index (Phi) is 6.57. The number of ether oxygens (including phenoxy) is 1. The average molecular weight is 410 g/mol. The van der Waals surface area contributed by atoms with Crippen molar-refractivity contribution < 1.29 is 19.4 Å². The van der Waals surface area contributed by atoms with Gasteiger partial charge in [0.2, 0.25) is 0 Å². The first-order valence-corrected chi connectivity index (χ1v) is 8.70. The second-order valence-corrected chi connectivity index (χ2v) is 7.41. The van der Waals surface area contributed by atoms with Gasteiger partial charge >= 0.3 is 5.97 Å². The van der Waals surface area contributed by atoms with Crippen LogP contribution in [0.3, 0.4) is 0 Å². The molecule has 1 N–H and O–H groups in total. The van der Waals surface area contributed by atoms with E-state index in [1.807, 2.05) is 12.1 Å². The zero-order valence-corrected chi connectivity index (χ0v) is 15.2. The number of aromatic hydroxyl groups is 1. The van der Waals surface area contributed by atoms with Crippen LogP contribution in [0.4, 0.5) is 0 Å². The number of para-hydroxylation sites is 1. The van der Waals surface area contributed by atoms with Gasteiger partial charge in [0.25, 0.3) is 5.91 Å². The maximum atomic E-state index is 12.3. The van der Waals surface area contributed by atoms with Crippen LogP contribution in [0.5, 0.6) is 5.75 Å². The Bertz CT molecular complexity index is 744. The van der Waals surface area contributed by atoms with Crippen molar-refractivity contribution >= 4 is 39.1 Å². The van der Waals surface area contributed by atoms with Crippen LogP contribution >= 0.6 is 27.3 Å². The first-order valence-electron chi connectivity index (χ1n) is 7.09. The molecule has 0 aliphatic heterocycles. The summed E-state index contributed by atoms with van der Waals surface area (Å²) >= 11 is 4.91. The molecule has 0 radical (unpaired) electrons. The molecule has 5 nitrogen and oxygen atoms in total. The third-order valence-corrected chi connectivity index (χ3v) is 4.74. The molecule has 0 saturated carbocycles. The number of benzene rings is 1. The van der Waals surface area contributed by atoms with E-state index in [4.69, 9.17) is 4.74 Å². The van der Waals surface area contributed by atoms with Crippen molar-refractivity contribution in [2.24, 2.45) is 0 Å². The number of phenols is 1. The minimum atomic E-state index is -0.737. The molecule has 7 heteroatoms. The average Bonchev–Trinajstić information content (AvgIpc) is 2.97. The smallest absolute Gasteiger partial charge is 0.342 e. The fourth-order valence-corrected chi connectivity index (χ4v) is 3.48. The van der Waals surface area contributed by atoms with Gasteiger partial charge in [-0.15, -0.1) is 17.9 Å². The van der Waals surface area contributed by atoms with Gasteiger partial charge in [-0.2, -0.15) is 0 Å². The van der Waals surface area contributed by atoms with Crippen LogP contribution in [0, 0.1) is 0 Å². The van der Waals surface area contributed by atoms with Crippen molar-refractivity contribution in [3.05, 3.63) is 63.3 Å². The molecular weight excluding hydrogens is 394 g/mol. The summed E-state index contributed by atoms with van der Waals surface area (Å²) in [5.41, 5.74) is 0.0303. The third-order valence-electron chi connectivity index (χ3n) is 3.13. The lowest BCUT2D eigenvalue weighted by atomic mass is 10.2. The number of amides is 1. The fourth-order valence-electron chi connectivity index (χ4n) is 1.98. The van der Waals surface area contributed by atoms with E-state index in [9.17, 15) is 14.7 Å². The Morgan fingerprint density at radius 3 is 2.67 bits per heavy atom. The standard InChI is InChI=1S/C17H16BrNO4S/c1-2-9-19(10-12-7-8-15(18)24-12)16(21)11-23-17(22)13-5-3-4-6-14(13)20/h2-8,20H,1,9-11H2. The highest BCUT2D eigenvalue weighted by molar-refractivity contribution is 9.11. The molecule has 1 amide bonds. The summed E-state index contributed by atoms with van der Waals surface area (Å²) in [6.45, 7) is 4.01. The Labute approximate surface area is 152 Å². The fraction of sp³-hybridized carbons (Fsp3) is 0.176. The third kappa shape index (κ3) is 4.94. The number of nitrogens with zero attached hydrogens (tertiary/aromatic N) is 1. The lowest BCUT2D eigenvalue weighted by Gasteiger charge is -2.20. The molecule has 1 aromatic carbocycles. The molecule has 0 spiro atoms. The molecule has 1 heterocycles. The predicted molar refractivity (Wildman–Crippen MR) is 96.0 cm³/mol. The van der Waals surface area contributed by atoms with E-state index < -0.39 is 12.6 Å². The molecule has 0 unspecified atom stereocenters. The number of rotatable bonds is 7. The minimum absolute atomic E-state index is 0.0303. The topological polar surface area (TPSA) is 66.8 Å². The minimum Gasteiger partial charge on any atom is -0.507 e. The molecule has 0 saturated heterocycles. The van der Waals surface area contributed by atoms with Crippen molar-refractivity contribution in [2.45, 2.75) is 6.54 Å². The normalized spacial score (nSPS) is 10.2. The number of carbonyl (C=O) groups excluding carboxylic acids is 2. The van der Waals surface area contributed by atoms with Gasteiger partial charge in [0, 0.05) is 11.4 Å². The van der Waals surface area contributed by atoms with Gasteiger partial charge in [-0.05, 0) is 40.2 Å². The Morgan fingerprint density at radius 1 is 1.29 bits per heavy atom. The number of carbonyl (C=O) groups is 2. The van der Waals surface area contributed by atoms with E-state index in [2.05, 4.69) is 22.5 Å². The van der Waals surface area contributed by atoms with Crippen molar-refractivity contribution in [3.63, 3.8) is 0 Å². The van der Waals surface area contributed by atoms with Crippen molar-refractivity contribution in [1.82, 2.24) is 4.90 Å². The number of thiophene rings is 1. The summed E-state index contributed by atoms with van der Waals surface area (Å²) in [5.74, 6) is -1.25. The van der Waals surface area contributed by atoms with Crippen LogP contribution < -0.4 is 0 Å². The van der Waals surface area contributed by atoms with Crippen molar-refractivity contribution in [1.29, 1.82) is 0 Å². The Morgan fingerprint density at radius 2 is 2.04 bits per heavy atom. The number of phenolic OH excluding ortho intramolecular Hbond substituents is 1. The zero-order chi connectivity index (χ0) is 17.5. The quantitative estimate of drug-likeness (QED) is 0.560. The summed E-state index contributed by atoms with van der Waals surface area (Å²) in [4.78, 5) is 26.8. The van der Waals surface area contributed by atoms with E-state index in [-0.39, 0.29) is 17.2 Å². The molecule has 0 atom stereocenters. The number of hydrogen-bond donors (Lipinski definition) is 1. The van der Waals surface area contributed by atoms with Crippen LogP contribution in [0.15, 0.2) is 52.8 Å². The van der Waals surface area contributed by atoms with E-state index in [1.54, 1.807) is 23.1 Å². The Balaban J connectivity index is 1.96. The van der Waals surface area contributed by atoms with Gasteiger partial charge in [0.15, 0.2) is 6.61 Å². The van der Waals surface area contributed by atoms with Crippen LogP contribution in [0.2, 0.25) is 0 Å². The highest BCUT2D eigenvalue weighted by atomic mass is 79.9. The van der Waals surface area contributed by atoms with Crippen LogP contribution in [-0.2, 0) is 16.1 Å². The molecule has 2 aromatic rings. The Hall–Kier alpha value is -2.12. The predicted octanol–water partition coefficient (Wildman–Crippen LogP) is 3.59. The lowest BCUT2D eigenvalue weighted by molar-refractivity contribution is -0.134. The molecule has 0 aliphatic carbocycles. The largest absolute Gasteiger partial charge is 0.507 e. The molecular formula is C17H16BrNO4S. The summed E-state index contributed by atoms with van der Waals surface area (Å²) < 4.78 is 5.99. The van der Waals surface area contributed by atoms with Gasteiger partial charge < -0.3 is 14.7 Å². The molecule has 0 bridgehead atoms. The van der Waals surface area contributed by atoms with Crippen molar-refractivity contribution in [3.8, 4) is 5.75 Å². The van der Waals surface area contributed by atoms with Crippen molar-refractivity contribution in [2.75, 3.05) is 13.2 Å². The zero-order valence-electron chi connectivity index (χ0n) is 12.8. The molecule has 0 fully saturated rings. The summed E-state index contributed by atoms with van der Waals surface area (Å²) in [6.07, 6.45) is 1.62. The summed E-state index contributed by atoms with van der Waals surface area (Å²) in [6, 6.07) is 9.86. The van der Waals surface area contributed by atoms with Crippen LogP contribution in [0.1, 0.15) is 15.2 Å². The summed E-state index contributed by atoms with van der Waals surface area (Å²) in [5, 5.41) is 9.62. The summed E-state index contributed by atoms with van der Waals surface area (Å²) in [7, 11) is 0.